The van der Waals surface area contributed by atoms with Crippen LogP contribution in [0.2, 0.25) is 0 Å². The quantitative estimate of drug-likeness (QED) is 0.628. The number of hydrogen-bond acceptors (Lipinski definition) is 6. The van der Waals surface area contributed by atoms with Gasteiger partial charge in [-0.2, -0.15) is 0 Å². The van der Waals surface area contributed by atoms with Gasteiger partial charge in [0.25, 0.3) is 0 Å². The summed E-state index contributed by atoms with van der Waals surface area (Å²) in [6.07, 6.45) is 2.07. The Labute approximate surface area is 198 Å². The topological polar surface area (TPSA) is 66.5 Å². The average molecular weight is 459 g/mol. The second-order valence-electron chi connectivity index (χ2n) is 11.3. The molecule has 3 aliphatic rings. The lowest BCUT2D eigenvalue weighted by Gasteiger charge is -2.37. The fourth-order valence-corrected chi connectivity index (χ4v) is 4.34. The molecule has 0 aliphatic carbocycles. The van der Waals surface area contributed by atoms with E-state index in [4.69, 9.17) is 23.5 Å². The summed E-state index contributed by atoms with van der Waals surface area (Å²) in [5.74, 6) is 0. The van der Waals surface area contributed by atoms with E-state index >= 15 is 0 Å². The Bertz CT molecular complexity index is 858. The summed E-state index contributed by atoms with van der Waals surface area (Å²) in [5, 5.41) is 0. The van der Waals surface area contributed by atoms with Gasteiger partial charge in [-0.25, -0.2) is 4.79 Å². The number of carbonyl (C=O) groups excluding carboxylic acids is 1. The summed E-state index contributed by atoms with van der Waals surface area (Å²) >= 11 is 0. The fourth-order valence-electron chi connectivity index (χ4n) is 4.34. The molecule has 0 saturated carbocycles. The number of benzene rings is 1. The van der Waals surface area contributed by atoms with Crippen LogP contribution in [0.15, 0.2) is 18.2 Å². The molecule has 182 valence electrons. The third-order valence-corrected chi connectivity index (χ3v) is 6.90. The van der Waals surface area contributed by atoms with Crippen LogP contribution in [0, 0.1) is 0 Å². The maximum Gasteiger partial charge on any atom is 0.494 e. The number of fused-ring (bicyclic) bond motifs is 1. The normalized spacial score (nSPS) is 26.8. The van der Waals surface area contributed by atoms with Crippen molar-refractivity contribution in [3.63, 3.8) is 0 Å². The van der Waals surface area contributed by atoms with Crippen molar-refractivity contribution in [2.75, 3.05) is 13.2 Å². The molecule has 2 saturated heterocycles. The van der Waals surface area contributed by atoms with E-state index in [0.717, 1.165) is 35.9 Å². The lowest BCUT2D eigenvalue weighted by molar-refractivity contribution is -0.194. The molecule has 0 N–H and O–H groups in total. The first kappa shape index (κ1) is 24.5. The van der Waals surface area contributed by atoms with Gasteiger partial charge in [0.05, 0.1) is 17.7 Å². The number of amides is 1. The van der Waals surface area contributed by atoms with E-state index in [1.54, 1.807) is 4.90 Å². The van der Waals surface area contributed by atoms with Crippen LogP contribution in [0.3, 0.4) is 0 Å². The highest BCUT2D eigenvalue weighted by atomic mass is 16.7. The Hall–Kier alpha value is -1.61. The smallest absolute Gasteiger partial charge is 0.444 e. The minimum atomic E-state index is -0.555. The van der Waals surface area contributed by atoms with E-state index < -0.39 is 23.9 Å². The average Bonchev–Trinajstić information content (AvgIpc) is 2.94. The molecule has 4 rings (SSSR count). The van der Waals surface area contributed by atoms with Gasteiger partial charge in [0.15, 0.2) is 6.29 Å². The Morgan fingerprint density at radius 1 is 1.12 bits per heavy atom. The molecule has 3 heterocycles. The third-order valence-electron chi connectivity index (χ3n) is 6.90. The first-order valence-corrected chi connectivity index (χ1v) is 12.1. The zero-order valence-electron chi connectivity index (χ0n) is 21.1. The number of nitrogens with zero attached hydrogens (tertiary/aromatic N) is 1. The van der Waals surface area contributed by atoms with Crippen molar-refractivity contribution in [2.45, 2.75) is 103 Å². The van der Waals surface area contributed by atoms with Gasteiger partial charge in [-0.05, 0) is 84.3 Å². The Balaban J connectivity index is 1.60. The molecule has 3 aliphatic heterocycles. The van der Waals surface area contributed by atoms with Crippen molar-refractivity contribution in [3.05, 3.63) is 29.3 Å². The predicted molar refractivity (Wildman–Crippen MR) is 126 cm³/mol. The molecule has 0 spiro atoms. The van der Waals surface area contributed by atoms with Crippen LogP contribution < -0.4 is 5.46 Å². The largest absolute Gasteiger partial charge is 0.494 e. The zero-order chi connectivity index (χ0) is 24.0. The number of carbonyl (C=O) groups is 1. The molecule has 1 aromatic carbocycles. The molecular weight excluding hydrogens is 421 g/mol. The van der Waals surface area contributed by atoms with Gasteiger partial charge in [-0.15, -0.1) is 0 Å². The molecule has 0 bridgehead atoms. The highest BCUT2D eigenvalue weighted by Gasteiger charge is 2.52. The maximum absolute atomic E-state index is 12.9. The molecule has 2 unspecified atom stereocenters. The van der Waals surface area contributed by atoms with E-state index in [1.165, 1.54) is 0 Å². The van der Waals surface area contributed by atoms with Gasteiger partial charge in [0.1, 0.15) is 11.7 Å². The van der Waals surface area contributed by atoms with Crippen LogP contribution in [0.1, 0.15) is 85.0 Å². The summed E-state index contributed by atoms with van der Waals surface area (Å²) in [6.45, 7) is 15.4. The highest BCUT2D eigenvalue weighted by Crippen LogP contribution is 2.37. The van der Waals surface area contributed by atoms with Crippen LogP contribution in [0.5, 0.6) is 0 Å². The van der Waals surface area contributed by atoms with Gasteiger partial charge in [0, 0.05) is 13.2 Å². The van der Waals surface area contributed by atoms with Crippen LogP contribution in [0.4, 0.5) is 4.79 Å². The van der Waals surface area contributed by atoms with Gasteiger partial charge in [-0.1, -0.05) is 18.2 Å². The van der Waals surface area contributed by atoms with Crippen molar-refractivity contribution in [2.24, 2.45) is 0 Å². The fraction of sp³-hybridized carbons (Fsp3) is 0.720. The summed E-state index contributed by atoms with van der Waals surface area (Å²) in [7, 11) is -0.448. The molecule has 33 heavy (non-hydrogen) atoms. The van der Waals surface area contributed by atoms with E-state index in [-0.39, 0.29) is 18.5 Å². The first-order chi connectivity index (χ1) is 15.3. The van der Waals surface area contributed by atoms with Crippen LogP contribution in [0.25, 0.3) is 0 Å². The number of rotatable bonds is 3. The third kappa shape index (κ3) is 5.40. The SMILES string of the molecule is CC(C)(C)OC(=O)N1Cc2ccc(B3OC(C)(C)C(C)(C)O3)cc2C(OC2CCCCO2)C1. The highest BCUT2D eigenvalue weighted by molar-refractivity contribution is 6.62. The number of ether oxygens (including phenoxy) is 3. The molecule has 2 atom stereocenters. The summed E-state index contributed by atoms with van der Waals surface area (Å²) in [5.41, 5.74) is 1.67. The molecule has 8 heteroatoms. The van der Waals surface area contributed by atoms with E-state index in [0.29, 0.717) is 19.7 Å². The van der Waals surface area contributed by atoms with Crippen LogP contribution in [-0.2, 0) is 30.1 Å². The van der Waals surface area contributed by atoms with E-state index in [9.17, 15) is 4.79 Å². The van der Waals surface area contributed by atoms with Gasteiger partial charge < -0.3 is 28.4 Å². The Kier molecular flexibility index (Phi) is 6.59. The van der Waals surface area contributed by atoms with Gasteiger partial charge in [-0.3, -0.25) is 0 Å². The van der Waals surface area contributed by atoms with Crippen molar-refractivity contribution in [1.82, 2.24) is 4.90 Å². The van der Waals surface area contributed by atoms with E-state index in [2.05, 4.69) is 33.8 Å². The Morgan fingerprint density at radius 2 is 1.82 bits per heavy atom. The summed E-state index contributed by atoms with van der Waals surface area (Å²) < 4.78 is 30.4. The minimum Gasteiger partial charge on any atom is -0.444 e. The standard InChI is InChI=1S/C25H38BNO6/c1-23(2,3)31-22(28)27-15-17-11-12-18(26-32-24(4,5)25(6,7)33-26)14-19(17)20(16-27)30-21-10-8-9-13-29-21/h11-12,14,20-21H,8-10,13,15-16H2,1-7H3. The Morgan fingerprint density at radius 3 is 2.42 bits per heavy atom. The molecule has 1 amide bonds. The lowest BCUT2D eigenvalue weighted by atomic mass is 9.76. The van der Waals surface area contributed by atoms with Gasteiger partial charge >= 0.3 is 13.2 Å². The van der Waals surface area contributed by atoms with Crippen LogP contribution >= 0.6 is 0 Å². The second kappa shape index (κ2) is 8.88. The molecule has 7 nitrogen and oxygen atoms in total. The van der Waals surface area contributed by atoms with Crippen molar-refractivity contribution in [3.8, 4) is 0 Å². The predicted octanol–water partition coefficient (Wildman–Crippen LogP) is 4.32. The molecule has 0 radical (unpaired) electrons. The molecule has 1 aromatic rings. The first-order valence-electron chi connectivity index (χ1n) is 12.1. The van der Waals surface area contributed by atoms with Crippen molar-refractivity contribution in [1.29, 1.82) is 0 Å². The zero-order valence-corrected chi connectivity index (χ0v) is 21.1. The van der Waals surface area contributed by atoms with Crippen molar-refractivity contribution < 1.29 is 28.3 Å². The summed E-state index contributed by atoms with van der Waals surface area (Å²) in [6, 6.07) is 6.18. The number of hydrogen-bond donors (Lipinski definition) is 0. The molecule has 2 fully saturated rings. The van der Waals surface area contributed by atoms with Gasteiger partial charge in [0.2, 0.25) is 0 Å². The lowest BCUT2D eigenvalue weighted by Crippen LogP contribution is -2.44. The summed E-state index contributed by atoms with van der Waals surface area (Å²) in [4.78, 5) is 14.6. The maximum atomic E-state index is 12.9. The van der Waals surface area contributed by atoms with Crippen LogP contribution in [-0.4, -0.2) is 54.4 Å². The second-order valence-corrected chi connectivity index (χ2v) is 11.3. The van der Waals surface area contributed by atoms with Crippen molar-refractivity contribution >= 4 is 18.7 Å². The monoisotopic (exact) mass is 459 g/mol. The molecular formula is C25H38BNO6. The minimum absolute atomic E-state index is 0.268. The van der Waals surface area contributed by atoms with E-state index in [1.807, 2.05) is 32.9 Å². The molecule has 0 aromatic heterocycles.